The van der Waals surface area contributed by atoms with Gasteiger partial charge in [0.1, 0.15) is 5.82 Å². The molecule has 1 unspecified atom stereocenters. The van der Waals surface area contributed by atoms with Crippen molar-refractivity contribution in [2.75, 3.05) is 13.2 Å². The molecular formula is C14H16FNO2S. The summed E-state index contributed by atoms with van der Waals surface area (Å²) in [4.78, 5) is 0.999. The highest BCUT2D eigenvalue weighted by molar-refractivity contribution is 7.19. The quantitative estimate of drug-likeness (QED) is 0.937. The van der Waals surface area contributed by atoms with Gasteiger partial charge in [-0.15, -0.1) is 11.3 Å². The lowest BCUT2D eigenvalue weighted by Crippen LogP contribution is -2.12. The fourth-order valence-electron chi connectivity index (χ4n) is 2.38. The minimum absolute atomic E-state index is 0.118. The second-order valence-corrected chi connectivity index (χ2v) is 5.75. The van der Waals surface area contributed by atoms with Gasteiger partial charge in [0.15, 0.2) is 0 Å². The Bertz CT molecular complexity index is 578. The number of thiophene rings is 1. The van der Waals surface area contributed by atoms with Gasteiger partial charge in [0.05, 0.1) is 19.3 Å². The first-order valence-corrected chi connectivity index (χ1v) is 7.19. The van der Waals surface area contributed by atoms with E-state index in [1.807, 2.05) is 6.07 Å². The smallest absolute Gasteiger partial charge is 0.132 e. The Morgan fingerprint density at radius 2 is 2.37 bits per heavy atom. The summed E-state index contributed by atoms with van der Waals surface area (Å²) in [6.07, 6.45) is 1.02. The van der Waals surface area contributed by atoms with Crippen LogP contribution in [0.15, 0.2) is 18.2 Å². The topological polar surface area (TPSA) is 44.5 Å². The molecule has 1 fully saturated rings. The summed E-state index contributed by atoms with van der Waals surface area (Å²) in [6, 6.07) is 5.13. The van der Waals surface area contributed by atoms with Crippen molar-refractivity contribution in [1.82, 2.24) is 0 Å². The molecule has 0 radical (unpaired) electrons. The molecule has 0 aliphatic carbocycles. The third kappa shape index (κ3) is 2.51. The van der Waals surface area contributed by atoms with Crippen LogP contribution in [-0.4, -0.2) is 19.3 Å². The monoisotopic (exact) mass is 281 g/mol. The molecule has 2 heterocycles. The molecule has 0 spiro atoms. The second kappa shape index (κ2) is 5.54. The van der Waals surface area contributed by atoms with Crippen molar-refractivity contribution in [1.29, 1.82) is 0 Å². The van der Waals surface area contributed by atoms with Gasteiger partial charge >= 0.3 is 0 Å². The maximum Gasteiger partial charge on any atom is 0.132 e. The Hall–Kier alpha value is -1.01. The van der Waals surface area contributed by atoms with E-state index in [0.717, 1.165) is 28.2 Å². The molecule has 3 nitrogen and oxygen atoms in total. The second-order valence-electron chi connectivity index (χ2n) is 4.62. The molecule has 1 atom stereocenters. The minimum Gasteiger partial charge on any atom is -0.379 e. The van der Waals surface area contributed by atoms with Gasteiger partial charge in [0.2, 0.25) is 0 Å². The Balaban J connectivity index is 1.91. The number of rotatable bonds is 4. The van der Waals surface area contributed by atoms with Crippen LogP contribution in [0.25, 0.3) is 10.1 Å². The first kappa shape index (κ1) is 13.0. The van der Waals surface area contributed by atoms with E-state index < -0.39 is 0 Å². The van der Waals surface area contributed by atoms with Crippen LogP contribution >= 0.6 is 11.3 Å². The molecule has 0 amide bonds. The fraction of sp³-hybridized carbons (Fsp3) is 0.429. The van der Waals surface area contributed by atoms with Crippen LogP contribution < -0.4 is 5.73 Å². The lowest BCUT2D eigenvalue weighted by atomic mass is 10.1. The predicted molar refractivity (Wildman–Crippen MR) is 73.7 cm³/mol. The molecule has 19 heavy (non-hydrogen) atoms. The summed E-state index contributed by atoms with van der Waals surface area (Å²) in [5, 5.41) is 0.659. The average molecular weight is 281 g/mol. The highest BCUT2D eigenvalue weighted by Gasteiger charge is 2.19. The van der Waals surface area contributed by atoms with Crippen molar-refractivity contribution in [2.24, 2.45) is 5.73 Å². The third-order valence-corrected chi connectivity index (χ3v) is 4.60. The summed E-state index contributed by atoms with van der Waals surface area (Å²) in [6.45, 7) is 2.19. The number of fused-ring (bicyclic) bond motifs is 1. The van der Waals surface area contributed by atoms with Crippen molar-refractivity contribution >= 4 is 21.4 Å². The molecule has 1 aliphatic heterocycles. The fourth-order valence-corrected chi connectivity index (χ4v) is 3.48. The van der Waals surface area contributed by atoms with Gasteiger partial charge < -0.3 is 15.2 Å². The third-order valence-electron chi connectivity index (χ3n) is 3.38. The van der Waals surface area contributed by atoms with Gasteiger partial charge in [-0.2, -0.15) is 0 Å². The van der Waals surface area contributed by atoms with Crippen LogP contribution in [-0.2, 0) is 22.6 Å². The normalized spacial score (nSPS) is 19.4. The van der Waals surface area contributed by atoms with E-state index in [1.165, 1.54) is 6.07 Å². The van der Waals surface area contributed by atoms with Crippen LogP contribution in [0, 0.1) is 5.82 Å². The summed E-state index contributed by atoms with van der Waals surface area (Å²) >= 11 is 1.54. The summed E-state index contributed by atoms with van der Waals surface area (Å²) in [5.74, 6) is -0.199. The summed E-state index contributed by atoms with van der Waals surface area (Å²) < 4.78 is 26.0. The molecule has 1 aromatic carbocycles. The van der Waals surface area contributed by atoms with Crippen molar-refractivity contribution in [3.8, 4) is 0 Å². The van der Waals surface area contributed by atoms with E-state index in [2.05, 4.69) is 0 Å². The van der Waals surface area contributed by atoms with Gasteiger partial charge in [-0.3, -0.25) is 0 Å². The molecule has 2 N–H and O–H groups in total. The highest BCUT2D eigenvalue weighted by atomic mass is 32.1. The lowest BCUT2D eigenvalue weighted by Gasteiger charge is -2.10. The van der Waals surface area contributed by atoms with Gasteiger partial charge in [0, 0.05) is 33.7 Å². The van der Waals surface area contributed by atoms with E-state index in [-0.39, 0.29) is 11.9 Å². The van der Waals surface area contributed by atoms with Gasteiger partial charge in [0.25, 0.3) is 0 Å². The number of hydrogen-bond acceptors (Lipinski definition) is 4. The lowest BCUT2D eigenvalue weighted by molar-refractivity contribution is 0.0321. The zero-order valence-corrected chi connectivity index (χ0v) is 11.3. The number of nitrogens with two attached hydrogens (primary N) is 1. The Morgan fingerprint density at radius 3 is 3.11 bits per heavy atom. The standard InChI is InChI=1S/C14H16FNO2S/c15-11-2-1-3-12-14(11)10(13(6-16)19-12)8-18-9-4-5-17-7-9/h1-3,9H,4-8,16H2. The zero-order valence-electron chi connectivity index (χ0n) is 10.5. The molecule has 0 bridgehead atoms. The van der Waals surface area contributed by atoms with E-state index in [0.29, 0.717) is 25.1 Å². The van der Waals surface area contributed by atoms with Crippen LogP contribution in [0.1, 0.15) is 16.9 Å². The van der Waals surface area contributed by atoms with Gasteiger partial charge in [-0.05, 0) is 18.6 Å². The minimum atomic E-state index is -0.199. The van der Waals surface area contributed by atoms with Crippen molar-refractivity contribution in [3.05, 3.63) is 34.5 Å². The Kier molecular flexibility index (Phi) is 3.79. The van der Waals surface area contributed by atoms with Crippen molar-refractivity contribution in [2.45, 2.75) is 25.7 Å². The number of hydrogen-bond donors (Lipinski definition) is 1. The first-order chi connectivity index (χ1) is 9.29. The molecule has 3 rings (SSSR count). The number of benzene rings is 1. The average Bonchev–Trinajstić information content (AvgIpc) is 3.03. The molecule has 0 saturated carbocycles. The molecule has 1 aromatic heterocycles. The van der Waals surface area contributed by atoms with E-state index >= 15 is 0 Å². The highest BCUT2D eigenvalue weighted by Crippen LogP contribution is 2.33. The number of halogens is 1. The van der Waals surface area contributed by atoms with Crippen molar-refractivity contribution < 1.29 is 13.9 Å². The van der Waals surface area contributed by atoms with Crippen LogP contribution in [0.4, 0.5) is 4.39 Å². The predicted octanol–water partition coefficient (Wildman–Crippen LogP) is 2.80. The largest absolute Gasteiger partial charge is 0.379 e. The van der Waals surface area contributed by atoms with E-state index in [4.69, 9.17) is 15.2 Å². The maximum atomic E-state index is 14.0. The van der Waals surface area contributed by atoms with Crippen LogP contribution in [0.2, 0.25) is 0 Å². The molecule has 5 heteroatoms. The summed E-state index contributed by atoms with van der Waals surface area (Å²) in [7, 11) is 0. The Morgan fingerprint density at radius 1 is 1.47 bits per heavy atom. The van der Waals surface area contributed by atoms with Gasteiger partial charge in [-0.1, -0.05) is 6.07 Å². The SMILES string of the molecule is NCc1sc2cccc(F)c2c1COC1CCOC1. The van der Waals surface area contributed by atoms with Crippen LogP contribution in [0.5, 0.6) is 0 Å². The zero-order chi connectivity index (χ0) is 13.2. The van der Waals surface area contributed by atoms with E-state index in [9.17, 15) is 4.39 Å². The van der Waals surface area contributed by atoms with E-state index in [1.54, 1.807) is 17.4 Å². The molecular weight excluding hydrogens is 265 g/mol. The molecule has 2 aromatic rings. The molecule has 102 valence electrons. The summed E-state index contributed by atoms with van der Waals surface area (Å²) in [5.41, 5.74) is 6.65. The Labute approximate surface area is 115 Å². The maximum absolute atomic E-state index is 14.0. The molecule has 1 aliphatic rings. The van der Waals surface area contributed by atoms with Gasteiger partial charge in [-0.25, -0.2) is 4.39 Å². The van der Waals surface area contributed by atoms with Crippen LogP contribution in [0.3, 0.4) is 0 Å². The first-order valence-electron chi connectivity index (χ1n) is 6.37. The number of ether oxygens (including phenoxy) is 2. The van der Waals surface area contributed by atoms with Crippen molar-refractivity contribution in [3.63, 3.8) is 0 Å². The molecule has 1 saturated heterocycles.